The third-order valence-electron chi connectivity index (χ3n) is 5.84. The molecule has 0 fully saturated rings. The summed E-state index contributed by atoms with van der Waals surface area (Å²) in [6, 6.07) is 25.9. The smallest absolute Gasteiger partial charge is 0.262 e. The molecule has 7 heteroatoms. The van der Waals surface area contributed by atoms with Crippen molar-refractivity contribution >= 4 is 51.2 Å². The second-order valence-electron chi connectivity index (χ2n) is 8.28. The van der Waals surface area contributed by atoms with Crippen LogP contribution in [0.1, 0.15) is 12.0 Å². The van der Waals surface area contributed by atoms with E-state index in [0.717, 1.165) is 16.3 Å². The molecule has 4 aromatic rings. The van der Waals surface area contributed by atoms with Crippen LogP contribution in [0.25, 0.3) is 10.8 Å². The second kappa shape index (κ2) is 9.30. The van der Waals surface area contributed by atoms with Crippen LogP contribution in [-0.4, -0.2) is 24.3 Å². The van der Waals surface area contributed by atoms with Gasteiger partial charge in [0.25, 0.3) is 5.91 Å². The van der Waals surface area contributed by atoms with Gasteiger partial charge in [0.05, 0.1) is 11.4 Å². The van der Waals surface area contributed by atoms with E-state index >= 15 is 0 Å². The van der Waals surface area contributed by atoms with E-state index in [9.17, 15) is 14.4 Å². The van der Waals surface area contributed by atoms with E-state index in [1.165, 1.54) is 4.90 Å². The molecule has 174 valence electrons. The first-order valence-electron chi connectivity index (χ1n) is 11.2. The maximum atomic E-state index is 13.0. The number of hydrogen-bond donors (Lipinski definition) is 2. The van der Waals surface area contributed by atoms with Crippen molar-refractivity contribution in [3.8, 4) is 5.75 Å². The number of nitrogens with one attached hydrogen (secondary N) is 2. The number of fused-ring (bicyclic) bond motifs is 3. The van der Waals surface area contributed by atoms with Crippen LogP contribution in [0.4, 0.5) is 22.7 Å². The summed E-state index contributed by atoms with van der Waals surface area (Å²) < 4.78 is 5.60. The second-order valence-corrected chi connectivity index (χ2v) is 8.28. The van der Waals surface area contributed by atoms with Gasteiger partial charge in [-0.1, -0.05) is 48.5 Å². The van der Waals surface area contributed by atoms with Gasteiger partial charge in [-0.25, -0.2) is 0 Å². The molecule has 0 radical (unpaired) electrons. The van der Waals surface area contributed by atoms with Crippen LogP contribution < -0.4 is 20.3 Å². The summed E-state index contributed by atoms with van der Waals surface area (Å²) in [6.45, 7) is 1.80. The van der Waals surface area contributed by atoms with E-state index in [2.05, 4.69) is 10.6 Å². The highest BCUT2D eigenvalue weighted by molar-refractivity contribution is 6.21. The number of benzene rings is 4. The van der Waals surface area contributed by atoms with E-state index in [-0.39, 0.29) is 30.7 Å². The van der Waals surface area contributed by atoms with Gasteiger partial charge < -0.3 is 15.4 Å². The molecular weight excluding hydrogens is 442 g/mol. The number of anilines is 4. The number of para-hydroxylation sites is 1. The summed E-state index contributed by atoms with van der Waals surface area (Å²) in [7, 11) is 0. The van der Waals surface area contributed by atoms with Gasteiger partial charge in [0, 0.05) is 16.8 Å². The number of carbonyl (C=O) groups is 3. The standard InChI is InChI=1S/C28H23N3O4/c1-18-6-2-5-9-24(18)35-17-26(33)29-20-11-13-21(14-12-20)31-23-15-10-19-7-3-4-8-22(19)28(23)30-25(32)16-27(31)34/h2-15H,16-17H2,1H3,(H,29,33)(H,30,32). The molecule has 7 nitrogen and oxygen atoms in total. The van der Waals surface area contributed by atoms with E-state index < -0.39 is 0 Å². The molecule has 1 heterocycles. The number of carbonyl (C=O) groups excluding carboxylic acids is 3. The lowest BCUT2D eigenvalue weighted by Crippen LogP contribution is -2.26. The molecule has 0 aromatic heterocycles. The average molecular weight is 466 g/mol. The van der Waals surface area contributed by atoms with Gasteiger partial charge in [0.1, 0.15) is 12.2 Å². The number of hydrogen-bond acceptors (Lipinski definition) is 4. The molecule has 0 atom stereocenters. The molecule has 1 aliphatic heterocycles. The van der Waals surface area contributed by atoms with Crippen LogP contribution in [0.2, 0.25) is 0 Å². The highest BCUT2D eigenvalue weighted by Crippen LogP contribution is 2.40. The maximum Gasteiger partial charge on any atom is 0.262 e. The van der Waals surface area contributed by atoms with Crippen LogP contribution >= 0.6 is 0 Å². The minimum Gasteiger partial charge on any atom is -0.483 e. The molecule has 0 unspecified atom stereocenters. The monoisotopic (exact) mass is 465 g/mol. The summed E-state index contributed by atoms with van der Waals surface area (Å²) in [5.41, 5.74) is 3.32. The fourth-order valence-corrected chi connectivity index (χ4v) is 4.15. The fourth-order valence-electron chi connectivity index (χ4n) is 4.15. The number of aryl methyl sites for hydroxylation is 1. The SMILES string of the molecule is Cc1ccccc1OCC(=O)Nc1ccc(N2C(=O)CC(=O)Nc3c2ccc2ccccc32)cc1. The highest BCUT2D eigenvalue weighted by Gasteiger charge is 2.28. The lowest BCUT2D eigenvalue weighted by molar-refractivity contribution is -0.124. The third kappa shape index (κ3) is 4.56. The van der Waals surface area contributed by atoms with E-state index in [1.54, 1.807) is 24.3 Å². The van der Waals surface area contributed by atoms with Crippen LogP contribution in [-0.2, 0) is 14.4 Å². The summed E-state index contributed by atoms with van der Waals surface area (Å²) in [6.07, 6.45) is -0.266. The topological polar surface area (TPSA) is 87.7 Å². The van der Waals surface area contributed by atoms with Crippen LogP contribution in [0.3, 0.4) is 0 Å². The van der Waals surface area contributed by atoms with Gasteiger partial charge in [0.2, 0.25) is 11.8 Å². The van der Waals surface area contributed by atoms with Gasteiger partial charge in [-0.05, 0) is 54.3 Å². The quantitative estimate of drug-likeness (QED) is 0.398. The summed E-state index contributed by atoms with van der Waals surface area (Å²) in [4.78, 5) is 39.3. The van der Waals surface area contributed by atoms with Crippen molar-refractivity contribution in [3.05, 3.63) is 90.5 Å². The first-order valence-corrected chi connectivity index (χ1v) is 11.2. The lowest BCUT2D eigenvalue weighted by atomic mass is 10.1. The highest BCUT2D eigenvalue weighted by atomic mass is 16.5. The molecule has 0 saturated heterocycles. The van der Waals surface area contributed by atoms with Crippen molar-refractivity contribution in [2.45, 2.75) is 13.3 Å². The maximum absolute atomic E-state index is 13.0. The Labute approximate surface area is 202 Å². The summed E-state index contributed by atoms with van der Waals surface area (Å²) in [5, 5.41) is 7.52. The zero-order chi connectivity index (χ0) is 24.4. The van der Waals surface area contributed by atoms with Gasteiger partial charge in [-0.15, -0.1) is 0 Å². The number of rotatable bonds is 5. The third-order valence-corrected chi connectivity index (χ3v) is 5.84. The molecule has 2 N–H and O–H groups in total. The number of amides is 3. The Hall–Kier alpha value is -4.65. The molecule has 0 aliphatic carbocycles. The van der Waals surface area contributed by atoms with Gasteiger partial charge in [-0.2, -0.15) is 0 Å². The van der Waals surface area contributed by atoms with Crippen molar-refractivity contribution in [2.24, 2.45) is 0 Å². The van der Waals surface area contributed by atoms with Crippen molar-refractivity contribution < 1.29 is 19.1 Å². The molecule has 0 spiro atoms. The first kappa shape index (κ1) is 22.2. The molecule has 1 aliphatic rings. The van der Waals surface area contributed by atoms with E-state index in [4.69, 9.17) is 4.74 Å². The van der Waals surface area contributed by atoms with E-state index in [0.29, 0.717) is 28.5 Å². The number of nitrogens with zero attached hydrogens (tertiary/aromatic N) is 1. The first-order chi connectivity index (χ1) is 17.0. The minimum atomic E-state index is -0.354. The van der Waals surface area contributed by atoms with Crippen molar-refractivity contribution in [1.82, 2.24) is 0 Å². The van der Waals surface area contributed by atoms with Crippen LogP contribution in [0.5, 0.6) is 5.75 Å². The Morgan fingerprint density at radius 3 is 2.49 bits per heavy atom. The van der Waals surface area contributed by atoms with Gasteiger partial charge >= 0.3 is 0 Å². The van der Waals surface area contributed by atoms with Crippen LogP contribution in [0.15, 0.2) is 84.9 Å². The molecule has 35 heavy (non-hydrogen) atoms. The summed E-state index contributed by atoms with van der Waals surface area (Å²) >= 11 is 0. The predicted octanol–water partition coefficient (Wildman–Crippen LogP) is 5.17. The molecule has 4 aromatic carbocycles. The van der Waals surface area contributed by atoms with Crippen molar-refractivity contribution in [1.29, 1.82) is 0 Å². The molecule has 5 rings (SSSR count). The Morgan fingerprint density at radius 1 is 0.943 bits per heavy atom. The molecule has 3 amide bonds. The van der Waals surface area contributed by atoms with Crippen LogP contribution in [0, 0.1) is 6.92 Å². The van der Waals surface area contributed by atoms with Gasteiger partial charge in [0.15, 0.2) is 6.61 Å². The molecular formula is C28H23N3O4. The Morgan fingerprint density at radius 2 is 1.69 bits per heavy atom. The molecule has 0 bridgehead atoms. The van der Waals surface area contributed by atoms with Gasteiger partial charge in [-0.3, -0.25) is 19.3 Å². The Bertz CT molecular complexity index is 1450. The summed E-state index contributed by atoms with van der Waals surface area (Å²) in [5.74, 6) is -0.321. The largest absolute Gasteiger partial charge is 0.483 e. The number of ether oxygens (including phenoxy) is 1. The zero-order valence-electron chi connectivity index (χ0n) is 19.1. The fraction of sp³-hybridized carbons (Fsp3) is 0.107. The minimum absolute atomic E-state index is 0.120. The lowest BCUT2D eigenvalue weighted by Gasteiger charge is -2.23. The van der Waals surface area contributed by atoms with E-state index in [1.807, 2.05) is 67.6 Å². The normalized spacial score (nSPS) is 13.1. The van der Waals surface area contributed by atoms with Crippen molar-refractivity contribution in [3.63, 3.8) is 0 Å². The Kier molecular flexibility index (Phi) is 5.89. The predicted molar refractivity (Wildman–Crippen MR) is 136 cm³/mol. The Balaban J connectivity index is 1.37. The zero-order valence-corrected chi connectivity index (χ0v) is 19.1. The molecule has 0 saturated carbocycles. The average Bonchev–Trinajstić information content (AvgIpc) is 2.98. The van der Waals surface area contributed by atoms with Crippen molar-refractivity contribution in [2.75, 3.05) is 22.1 Å².